The van der Waals surface area contributed by atoms with Crippen LogP contribution in [0.5, 0.6) is 0 Å². The molecule has 0 saturated carbocycles. The van der Waals surface area contributed by atoms with Crippen LogP contribution < -0.4 is 0 Å². The topological polar surface area (TPSA) is 99.4 Å². The largest absolute Gasteiger partial charge is 0.394 e. The van der Waals surface area contributed by atoms with Crippen LogP contribution in [0, 0.1) is 0 Å². The van der Waals surface area contributed by atoms with Crippen molar-refractivity contribution in [1.29, 1.82) is 0 Å². The molecule has 0 amide bonds. The van der Waals surface area contributed by atoms with Crippen molar-refractivity contribution in [2.24, 2.45) is 0 Å². The van der Waals surface area contributed by atoms with E-state index in [2.05, 4.69) is 0 Å². The lowest BCUT2D eigenvalue weighted by Gasteiger charge is -2.45. The first-order valence-corrected chi connectivity index (χ1v) is 4.32. The Morgan fingerprint density at radius 1 is 1.43 bits per heavy atom. The molecular formula is C8H16O6. The second-order valence-corrected chi connectivity index (χ2v) is 3.57. The van der Waals surface area contributed by atoms with Gasteiger partial charge in [-0.15, -0.1) is 0 Å². The zero-order chi connectivity index (χ0) is 10.9. The van der Waals surface area contributed by atoms with Crippen molar-refractivity contribution in [3.8, 4) is 0 Å². The molecule has 0 aromatic heterocycles. The highest BCUT2D eigenvalue weighted by atomic mass is 16.7. The third-order valence-corrected chi connectivity index (χ3v) is 2.58. The van der Waals surface area contributed by atoms with Crippen molar-refractivity contribution in [1.82, 2.24) is 0 Å². The molecule has 5 atom stereocenters. The van der Waals surface area contributed by atoms with Crippen LogP contribution in [0.4, 0.5) is 0 Å². The molecule has 14 heavy (non-hydrogen) atoms. The van der Waals surface area contributed by atoms with Crippen LogP contribution in [-0.4, -0.2) is 64.3 Å². The van der Waals surface area contributed by atoms with Crippen LogP contribution in [0.3, 0.4) is 0 Å². The summed E-state index contributed by atoms with van der Waals surface area (Å²) >= 11 is 0. The molecule has 0 spiro atoms. The highest BCUT2D eigenvalue weighted by molar-refractivity contribution is 4.98. The molecule has 1 aliphatic heterocycles. The Morgan fingerprint density at radius 3 is 2.43 bits per heavy atom. The molecule has 0 aromatic rings. The fourth-order valence-corrected chi connectivity index (χ4v) is 1.54. The van der Waals surface area contributed by atoms with Crippen molar-refractivity contribution in [3.63, 3.8) is 0 Å². The minimum atomic E-state index is -1.64. The molecule has 0 aromatic carbocycles. The molecule has 0 bridgehead atoms. The maximum atomic E-state index is 9.80. The summed E-state index contributed by atoms with van der Waals surface area (Å²) in [6.07, 6.45) is -4.72. The summed E-state index contributed by atoms with van der Waals surface area (Å²) in [6, 6.07) is 0. The number of hydrogen-bond donors (Lipinski definition) is 4. The van der Waals surface area contributed by atoms with Crippen molar-refractivity contribution >= 4 is 0 Å². The maximum Gasteiger partial charge on any atom is 0.184 e. The SMILES string of the molecule is CO[C@H]1[C@H](O)O[C@@H](CO)[C@](C)(O)[C@H]1O. The first kappa shape index (κ1) is 11.8. The van der Waals surface area contributed by atoms with E-state index in [1.165, 1.54) is 14.0 Å². The third kappa shape index (κ3) is 1.77. The molecule has 1 rings (SSSR count). The van der Waals surface area contributed by atoms with Crippen LogP contribution in [0.25, 0.3) is 0 Å². The molecule has 1 saturated heterocycles. The smallest absolute Gasteiger partial charge is 0.184 e. The lowest BCUT2D eigenvalue weighted by molar-refractivity contribution is -0.320. The Kier molecular flexibility index (Phi) is 3.46. The third-order valence-electron chi connectivity index (χ3n) is 2.58. The summed E-state index contributed by atoms with van der Waals surface area (Å²) in [7, 11) is 1.29. The predicted molar refractivity (Wildman–Crippen MR) is 45.4 cm³/mol. The van der Waals surface area contributed by atoms with Gasteiger partial charge in [-0.1, -0.05) is 0 Å². The Hall–Kier alpha value is -0.240. The van der Waals surface area contributed by atoms with Crippen LogP contribution in [-0.2, 0) is 9.47 Å². The van der Waals surface area contributed by atoms with E-state index < -0.39 is 36.8 Å². The van der Waals surface area contributed by atoms with Crippen LogP contribution in [0.15, 0.2) is 0 Å². The molecule has 0 unspecified atom stereocenters. The van der Waals surface area contributed by atoms with E-state index in [1.54, 1.807) is 0 Å². The number of aliphatic hydroxyl groups is 4. The molecular weight excluding hydrogens is 192 g/mol. The average Bonchev–Trinajstić information content (AvgIpc) is 2.13. The first-order chi connectivity index (χ1) is 6.45. The van der Waals surface area contributed by atoms with E-state index in [4.69, 9.17) is 14.6 Å². The first-order valence-electron chi connectivity index (χ1n) is 4.32. The van der Waals surface area contributed by atoms with Gasteiger partial charge in [0.05, 0.1) is 6.61 Å². The minimum absolute atomic E-state index is 0.489. The molecule has 1 fully saturated rings. The second kappa shape index (κ2) is 4.09. The van der Waals surface area contributed by atoms with E-state index >= 15 is 0 Å². The van der Waals surface area contributed by atoms with Crippen molar-refractivity contribution in [2.75, 3.05) is 13.7 Å². The molecule has 1 aliphatic rings. The number of rotatable bonds is 2. The van der Waals surface area contributed by atoms with Gasteiger partial charge in [0.1, 0.15) is 23.9 Å². The van der Waals surface area contributed by atoms with Gasteiger partial charge in [-0.05, 0) is 6.92 Å². The van der Waals surface area contributed by atoms with Gasteiger partial charge in [0.25, 0.3) is 0 Å². The monoisotopic (exact) mass is 208 g/mol. The molecule has 1 heterocycles. The van der Waals surface area contributed by atoms with Crippen LogP contribution >= 0.6 is 0 Å². The van der Waals surface area contributed by atoms with Crippen molar-refractivity contribution < 1.29 is 29.9 Å². The van der Waals surface area contributed by atoms with Crippen molar-refractivity contribution in [2.45, 2.75) is 37.1 Å². The fourth-order valence-electron chi connectivity index (χ4n) is 1.54. The minimum Gasteiger partial charge on any atom is -0.394 e. The standard InChI is InChI=1S/C8H16O6/c1-8(12)4(3-9)14-7(11)5(13-2)6(8)10/h4-7,9-12H,3H2,1-2H3/t4-,5+,6-,7+,8-/m0/s1. The van der Waals surface area contributed by atoms with Gasteiger partial charge < -0.3 is 29.9 Å². The fraction of sp³-hybridized carbons (Fsp3) is 1.00. The predicted octanol–water partition coefficient (Wildman–Crippen LogP) is -2.18. The molecule has 6 nitrogen and oxygen atoms in total. The molecule has 0 aliphatic carbocycles. The number of methoxy groups -OCH3 is 1. The zero-order valence-corrected chi connectivity index (χ0v) is 8.12. The van der Waals surface area contributed by atoms with Crippen molar-refractivity contribution in [3.05, 3.63) is 0 Å². The van der Waals surface area contributed by atoms with Crippen LogP contribution in [0.2, 0.25) is 0 Å². The highest BCUT2D eigenvalue weighted by Crippen LogP contribution is 2.29. The summed E-state index contributed by atoms with van der Waals surface area (Å²) < 4.78 is 9.67. The summed E-state index contributed by atoms with van der Waals surface area (Å²) in [4.78, 5) is 0. The number of hydrogen-bond acceptors (Lipinski definition) is 6. The lowest BCUT2D eigenvalue weighted by atomic mass is 9.86. The summed E-state index contributed by atoms with van der Waals surface area (Å²) in [5.41, 5.74) is -1.64. The van der Waals surface area contributed by atoms with E-state index in [-0.39, 0.29) is 0 Å². The Bertz CT molecular complexity index is 192. The van der Waals surface area contributed by atoms with E-state index in [0.29, 0.717) is 0 Å². The van der Waals surface area contributed by atoms with Gasteiger partial charge in [-0.3, -0.25) is 0 Å². The van der Waals surface area contributed by atoms with Gasteiger partial charge in [0, 0.05) is 7.11 Å². The van der Waals surface area contributed by atoms with E-state index in [1.807, 2.05) is 0 Å². The normalized spacial score (nSPS) is 49.3. The van der Waals surface area contributed by atoms with E-state index in [9.17, 15) is 15.3 Å². The van der Waals surface area contributed by atoms with Gasteiger partial charge in [0.15, 0.2) is 6.29 Å². The summed E-state index contributed by atoms with van der Waals surface area (Å²) in [6.45, 7) is 0.827. The quantitative estimate of drug-likeness (QED) is 0.412. The highest BCUT2D eigenvalue weighted by Gasteiger charge is 2.51. The molecule has 4 N–H and O–H groups in total. The van der Waals surface area contributed by atoms with Gasteiger partial charge in [-0.25, -0.2) is 0 Å². The Labute approximate surface area is 81.7 Å². The van der Waals surface area contributed by atoms with Gasteiger partial charge in [-0.2, -0.15) is 0 Å². The Morgan fingerprint density at radius 2 is 2.00 bits per heavy atom. The molecule has 0 radical (unpaired) electrons. The lowest BCUT2D eigenvalue weighted by Crippen LogP contribution is -2.65. The average molecular weight is 208 g/mol. The zero-order valence-electron chi connectivity index (χ0n) is 8.12. The summed E-state index contributed by atoms with van der Waals surface area (Å²) in [5, 5.41) is 37.7. The molecule has 6 heteroatoms. The number of aliphatic hydroxyl groups excluding tert-OH is 3. The van der Waals surface area contributed by atoms with Gasteiger partial charge in [0.2, 0.25) is 0 Å². The molecule has 84 valence electrons. The summed E-state index contributed by atoms with van der Waals surface area (Å²) in [5.74, 6) is 0. The maximum absolute atomic E-state index is 9.80. The van der Waals surface area contributed by atoms with Crippen LogP contribution in [0.1, 0.15) is 6.92 Å². The second-order valence-electron chi connectivity index (χ2n) is 3.57. The van der Waals surface area contributed by atoms with Gasteiger partial charge >= 0.3 is 0 Å². The Balaban J connectivity index is 2.84. The number of ether oxygens (including phenoxy) is 2. The van der Waals surface area contributed by atoms with E-state index in [0.717, 1.165) is 0 Å².